The molecule has 3 rings (SSSR count). The van der Waals surface area contributed by atoms with Gasteiger partial charge in [0, 0.05) is 0 Å². The highest BCUT2D eigenvalue weighted by atomic mass is 16.6. The number of rotatable bonds is 3. The van der Waals surface area contributed by atoms with Gasteiger partial charge in [0.2, 0.25) is 0 Å². The number of epoxide rings is 1. The van der Waals surface area contributed by atoms with E-state index < -0.39 is 0 Å². The van der Waals surface area contributed by atoms with Crippen molar-refractivity contribution in [2.75, 3.05) is 13.2 Å². The molecule has 3 aliphatic rings. The van der Waals surface area contributed by atoms with Crippen molar-refractivity contribution in [2.24, 2.45) is 17.8 Å². The van der Waals surface area contributed by atoms with E-state index in [1.165, 1.54) is 0 Å². The maximum absolute atomic E-state index is 5.58. The average Bonchev–Trinajstić information content (AvgIpc) is 2.70. The molecular formula is C8H12O2. The van der Waals surface area contributed by atoms with Crippen LogP contribution in [0, 0.1) is 17.8 Å². The first-order chi connectivity index (χ1) is 4.88. The molecule has 3 unspecified atom stereocenters. The van der Waals surface area contributed by atoms with Crippen LogP contribution in [0.4, 0.5) is 0 Å². The van der Waals surface area contributed by atoms with Crippen LogP contribution < -0.4 is 0 Å². The lowest BCUT2D eigenvalue weighted by atomic mass is 10.2. The van der Waals surface area contributed by atoms with Crippen molar-refractivity contribution in [3.63, 3.8) is 0 Å². The molecule has 0 radical (unpaired) electrons. The summed E-state index contributed by atoms with van der Waals surface area (Å²) in [5.74, 6) is 2.86. The summed E-state index contributed by atoms with van der Waals surface area (Å²) in [6, 6.07) is 0. The fourth-order valence-electron chi connectivity index (χ4n) is 1.91. The summed E-state index contributed by atoms with van der Waals surface area (Å²) in [5.41, 5.74) is 0. The summed E-state index contributed by atoms with van der Waals surface area (Å²) in [6.45, 7) is 4.09. The van der Waals surface area contributed by atoms with Crippen molar-refractivity contribution in [3.8, 4) is 0 Å². The van der Waals surface area contributed by atoms with Crippen molar-refractivity contribution in [3.05, 3.63) is 0 Å². The van der Waals surface area contributed by atoms with E-state index in [1.54, 1.807) is 0 Å². The van der Waals surface area contributed by atoms with Crippen molar-refractivity contribution in [2.45, 2.75) is 19.1 Å². The highest BCUT2D eigenvalue weighted by Crippen LogP contribution is 2.69. The minimum Gasteiger partial charge on any atom is -0.375 e. The lowest BCUT2D eigenvalue weighted by Crippen LogP contribution is -2.12. The maximum atomic E-state index is 5.58. The molecule has 0 amide bonds. The van der Waals surface area contributed by atoms with Crippen LogP contribution >= 0.6 is 0 Å². The highest BCUT2D eigenvalue weighted by molar-refractivity contribution is 5.19. The van der Waals surface area contributed by atoms with E-state index in [9.17, 15) is 0 Å². The Morgan fingerprint density at radius 1 is 1.50 bits per heavy atom. The largest absolute Gasteiger partial charge is 0.375 e. The van der Waals surface area contributed by atoms with Gasteiger partial charge in [0.15, 0.2) is 0 Å². The molecule has 2 saturated carbocycles. The van der Waals surface area contributed by atoms with Gasteiger partial charge in [-0.1, -0.05) is 6.92 Å². The first-order valence-electron chi connectivity index (χ1n) is 4.11. The second-order valence-electron chi connectivity index (χ2n) is 3.77. The molecule has 0 N–H and O–H groups in total. The first kappa shape index (κ1) is 5.56. The van der Waals surface area contributed by atoms with Crippen molar-refractivity contribution in [1.82, 2.24) is 0 Å². The van der Waals surface area contributed by atoms with E-state index in [-0.39, 0.29) is 0 Å². The fraction of sp³-hybridized carbons (Fsp3) is 1.00. The molecule has 0 aromatic heterocycles. The number of hydrogen-bond acceptors (Lipinski definition) is 2. The predicted octanol–water partition coefficient (Wildman–Crippen LogP) is 0.666. The first-order valence-corrected chi connectivity index (χ1v) is 4.11. The van der Waals surface area contributed by atoms with Crippen LogP contribution in [0.15, 0.2) is 0 Å². The van der Waals surface area contributed by atoms with Crippen LogP contribution in [0.25, 0.3) is 0 Å². The van der Waals surface area contributed by atoms with Gasteiger partial charge in [-0.25, -0.2) is 0 Å². The van der Waals surface area contributed by atoms with Gasteiger partial charge >= 0.3 is 0 Å². The molecule has 1 heterocycles. The van der Waals surface area contributed by atoms with Crippen molar-refractivity contribution in [1.29, 1.82) is 0 Å². The van der Waals surface area contributed by atoms with E-state index in [4.69, 9.17) is 9.47 Å². The second kappa shape index (κ2) is 1.56. The molecule has 1 saturated heterocycles. The van der Waals surface area contributed by atoms with E-state index in [0.717, 1.165) is 31.0 Å². The maximum Gasteiger partial charge on any atom is 0.104 e. The lowest BCUT2D eigenvalue weighted by molar-refractivity contribution is 0.0610. The molecule has 3 atom stereocenters. The summed E-state index contributed by atoms with van der Waals surface area (Å²) in [5, 5.41) is 0. The van der Waals surface area contributed by atoms with Crippen LogP contribution in [-0.2, 0) is 9.47 Å². The van der Waals surface area contributed by atoms with Gasteiger partial charge in [-0.05, 0) is 17.8 Å². The van der Waals surface area contributed by atoms with E-state index >= 15 is 0 Å². The summed E-state index contributed by atoms with van der Waals surface area (Å²) in [6.07, 6.45) is 1.09. The van der Waals surface area contributed by atoms with E-state index in [0.29, 0.717) is 12.2 Å². The van der Waals surface area contributed by atoms with Crippen LogP contribution in [0.1, 0.15) is 6.92 Å². The number of hydrogen-bond donors (Lipinski definition) is 0. The monoisotopic (exact) mass is 140 g/mol. The fourth-order valence-corrected chi connectivity index (χ4v) is 1.91. The quantitative estimate of drug-likeness (QED) is 0.537. The van der Waals surface area contributed by atoms with E-state index in [2.05, 4.69) is 6.92 Å². The Balaban J connectivity index is 1.40. The zero-order valence-electron chi connectivity index (χ0n) is 6.12. The number of ether oxygens (including phenoxy) is 2. The Kier molecular flexibility index (Phi) is 0.868. The van der Waals surface area contributed by atoms with Crippen LogP contribution in [0.5, 0.6) is 0 Å². The summed E-state index contributed by atoms with van der Waals surface area (Å²) in [7, 11) is 0. The molecule has 0 aromatic carbocycles. The smallest absolute Gasteiger partial charge is 0.104 e. The van der Waals surface area contributed by atoms with Crippen LogP contribution in [0.3, 0.4) is 0 Å². The zero-order chi connectivity index (χ0) is 6.72. The third kappa shape index (κ3) is 0.663. The number of fused-ring (bicyclic) bond motifs is 1. The van der Waals surface area contributed by atoms with Gasteiger partial charge in [-0.15, -0.1) is 0 Å². The minimum absolute atomic E-state index is 0.454. The summed E-state index contributed by atoms with van der Waals surface area (Å²) >= 11 is 0. The normalized spacial score (nSPS) is 61.5. The molecule has 0 spiro atoms. The lowest BCUT2D eigenvalue weighted by Gasteiger charge is -2.07. The Morgan fingerprint density at radius 3 is 2.70 bits per heavy atom. The van der Waals surface area contributed by atoms with E-state index in [1.807, 2.05) is 0 Å². The van der Waals surface area contributed by atoms with Crippen molar-refractivity contribution < 1.29 is 9.47 Å². The minimum atomic E-state index is 0.454. The Bertz CT molecular complexity index is 155. The second-order valence-corrected chi connectivity index (χ2v) is 3.77. The van der Waals surface area contributed by atoms with Gasteiger partial charge < -0.3 is 9.47 Å². The molecule has 1 aliphatic heterocycles. The molecule has 0 aromatic rings. The predicted molar refractivity (Wildman–Crippen MR) is 35.6 cm³/mol. The van der Waals surface area contributed by atoms with Gasteiger partial charge in [0.1, 0.15) is 6.10 Å². The summed E-state index contributed by atoms with van der Waals surface area (Å²) < 4.78 is 10.6. The van der Waals surface area contributed by atoms with Crippen molar-refractivity contribution >= 4 is 0 Å². The standard InChI is InChI=1S/C8H12O2/c1-4-6-7(4)8(6)10-3-5-2-9-5/h4-8H,2-3H2,1H3. The Morgan fingerprint density at radius 2 is 2.20 bits per heavy atom. The SMILES string of the molecule is CC1C2C(OCC3CO3)C12. The molecule has 2 heteroatoms. The molecule has 10 heavy (non-hydrogen) atoms. The topological polar surface area (TPSA) is 21.8 Å². The third-order valence-electron chi connectivity index (χ3n) is 3.01. The molecule has 0 bridgehead atoms. The molecular weight excluding hydrogens is 128 g/mol. The van der Waals surface area contributed by atoms with Crippen LogP contribution in [-0.4, -0.2) is 25.4 Å². The molecule has 3 fully saturated rings. The average molecular weight is 140 g/mol. The molecule has 2 nitrogen and oxygen atoms in total. The third-order valence-corrected chi connectivity index (χ3v) is 3.01. The van der Waals surface area contributed by atoms with Gasteiger partial charge in [0.25, 0.3) is 0 Å². The van der Waals surface area contributed by atoms with Gasteiger partial charge in [-0.2, -0.15) is 0 Å². The van der Waals surface area contributed by atoms with Gasteiger partial charge in [-0.3, -0.25) is 0 Å². The molecule has 56 valence electrons. The zero-order valence-corrected chi connectivity index (χ0v) is 6.12. The Labute approximate surface area is 60.5 Å². The van der Waals surface area contributed by atoms with Gasteiger partial charge in [0.05, 0.1) is 19.3 Å². The summed E-state index contributed by atoms with van der Waals surface area (Å²) in [4.78, 5) is 0. The highest BCUT2D eigenvalue weighted by Gasteiger charge is 2.72. The van der Waals surface area contributed by atoms with Crippen LogP contribution in [0.2, 0.25) is 0 Å². The molecule has 2 aliphatic carbocycles. The Hall–Kier alpha value is -0.0800.